The number of carbonyl (C=O) groups is 2. The number of piperidine rings is 1. The van der Waals surface area contributed by atoms with Crippen LogP contribution in [-0.4, -0.2) is 47.4 Å². The van der Waals surface area contributed by atoms with Crippen molar-refractivity contribution in [3.8, 4) is 5.75 Å². The number of rotatable bonds is 5. The number of nitrogens with zero attached hydrogens (tertiary/aromatic N) is 3. The zero-order valence-electron chi connectivity index (χ0n) is 17.5. The minimum atomic E-state index is -0.375. The van der Waals surface area contributed by atoms with E-state index in [2.05, 4.69) is 17.0 Å². The number of hydrogen-bond acceptors (Lipinski definition) is 6. The standard InChI is InChI=1S/C24H25N3O3S/c1-2-30-18-7-5-6-17(14-18)27-22(28)15-20(24(27)29)26-12-10-16(11-13-26)23-25-19-8-3-4-9-21(19)31-23/h3-9,14,16,20H,2,10-13,15H2,1H3. The number of para-hydroxylation sites is 1. The molecule has 160 valence electrons. The van der Waals surface area contributed by atoms with Gasteiger partial charge in [-0.15, -0.1) is 11.3 Å². The fourth-order valence-electron chi connectivity index (χ4n) is 4.57. The average molecular weight is 436 g/mol. The van der Waals surface area contributed by atoms with Gasteiger partial charge in [0.05, 0.1) is 40.0 Å². The van der Waals surface area contributed by atoms with Crippen LogP contribution in [0.4, 0.5) is 5.69 Å². The lowest BCUT2D eigenvalue weighted by atomic mass is 9.96. The molecule has 6 nitrogen and oxygen atoms in total. The van der Waals surface area contributed by atoms with Crippen molar-refractivity contribution >= 4 is 39.1 Å². The summed E-state index contributed by atoms with van der Waals surface area (Å²) in [5.74, 6) is 0.814. The van der Waals surface area contributed by atoms with Crippen molar-refractivity contribution in [3.63, 3.8) is 0 Å². The number of hydrogen-bond donors (Lipinski definition) is 0. The lowest BCUT2D eigenvalue weighted by Gasteiger charge is -2.34. The number of aromatic nitrogens is 1. The van der Waals surface area contributed by atoms with E-state index in [1.807, 2.05) is 31.2 Å². The number of fused-ring (bicyclic) bond motifs is 1. The summed E-state index contributed by atoms with van der Waals surface area (Å²) in [4.78, 5) is 34.2. The van der Waals surface area contributed by atoms with Gasteiger partial charge in [0.15, 0.2) is 0 Å². The molecule has 31 heavy (non-hydrogen) atoms. The van der Waals surface area contributed by atoms with Gasteiger partial charge in [0.25, 0.3) is 5.91 Å². The van der Waals surface area contributed by atoms with Crippen molar-refractivity contribution in [2.45, 2.75) is 38.1 Å². The molecule has 7 heteroatoms. The molecule has 0 radical (unpaired) electrons. The average Bonchev–Trinajstić information content (AvgIpc) is 3.35. The second-order valence-electron chi connectivity index (χ2n) is 8.05. The largest absolute Gasteiger partial charge is 0.494 e. The van der Waals surface area contributed by atoms with Gasteiger partial charge < -0.3 is 4.74 Å². The number of imide groups is 1. The van der Waals surface area contributed by atoms with Crippen molar-refractivity contribution in [1.82, 2.24) is 9.88 Å². The van der Waals surface area contributed by atoms with E-state index in [0.717, 1.165) is 31.4 Å². The van der Waals surface area contributed by atoms with E-state index >= 15 is 0 Å². The summed E-state index contributed by atoms with van der Waals surface area (Å²) in [7, 11) is 0. The highest BCUT2D eigenvalue weighted by Crippen LogP contribution is 2.36. The number of anilines is 1. The molecule has 2 saturated heterocycles. The third-order valence-corrected chi connectivity index (χ3v) is 7.34. The van der Waals surface area contributed by atoms with Gasteiger partial charge >= 0.3 is 0 Å². The molecule has 2 amide bonds. The second-order valence-corrected chi connectivity index (χ2v) is 9.11. The van der Waals surface area contributed by atoms with E-state index in [1.54, 1.807) is 23.5 Å². The first kappa shape index (κ1) is 20.2. The first-order chi connectivity index (χ1) is 15.1. The van der Waals surface area contributed by atoms with Crippen LogP contribution in [0.15, 0.2) is 48.5 Å². The quantitative estimate of drug-likeness (QED) is 0.562. The molecule has 2 aliphatic heterocycles. The van der Waals surface area contributed by atoms with Gasteiger partial charge in [0.2, 0.25) is 5.91 Å². The topological polar surface area (TPSA) is 62.7 Å². The number of carbonyl (C=O) groups excluding carboxylic acids is 2. The summed E-state index contributed by atoms with van der Waals surface area (Å²) in [5.41, 5.74) is 1.65. The predicted molar refractivity (Wildman–Crippen MR) is 122 cm³/mol. The maximum absolute atomic E-state index is 13.2. The van der Waals surface area contributed by atoms with Crippen LogP contribution < -0.4 is 9.64 Å². The summed E-state index contributed by atoms with van der Waals surface area (Å²) in [6, 6.07) is 15.1. The number of ether oxygens (including phenoxy) is 1. The highest BCUT2D eigenvalue weighted by atomic mass is 32.1. The Morgan fingerprint density at radius 2 is 1.90 bits per heavy atom. The Labute approximate surface area is 185 Å². The maximum Gasteiger partial charge on any atom is 0.251 e. The highest BCUT2D eigenvalue weighted by Gasteiger charge is 2.43. The van der Waals surface area contributed by atoms with Crippen LogP contribution in [0.1, 0.15) is 37.1 Å². The van der Waals surface area contributed by atoms with Crippen molar-refractivity contribution in [1.29, 1.82) is 0 Å². The fourth-order valence-corrected chi connectivity index (χ4v) is 5.71. The van der Waals surface area contributed by atoms with Gasteiger partial charge in [-0.25, -0.2) is 9.88 Å². The van der Waals surface area contributed by atoms with E-state index in [1.165, 1.54) is 14.6 Å². The molecule has 0 N–H and O–H groups in total. The number of amides is 2. The molecule has 3 heterocycles. The Hall–Kier alpha value is -2.77. The molecule has 1 aromatic heterocycles. The summed E-state index contributed by atoms with van der Waals surface area (Å²) in [6.45, 7) is 4.05. The van der Waals surface area contributed by atoms with E-state index in [-0.39, 0.29) is 24.3 Å². The van der Waals surface area contributed by atoms with Crippen molar-refractivity contribution in [2.24, 2.45) is 0 Å². The zero-order valence-corrected chi connectivity index (χ0v) is 18.3. The molecule has 3 aromatic rings. The Morgan fingerprint density at radius 3 is 2.68 bits per heavy atom. The van der Waals surface area contributed by atoms with Gasteiger partial charge in [-0.3, -0.25) is 14.5 Å². The molecular weight excluding hydrogens is 410 g/mol. The molecule has 1 atom stereocenters. The fraction of sp³-hybridized carbons (Fsp3) is 0.375. The lowest BCUT2D eigenvalue weighted by molar-refractivity contribution is -0.123. The third kappa shape index (κ3) is 3.83. The summed E-state index contributed by atoms with van der Waals surface area (Å²) in [6.07, 6.45) is 2.15. The smallest absolute Gasteiger partial charge is 0.251 e. The Kier molecular flexibility index (Phi) is 5.46. The Balaban J connectivity index is 1.27. The number of thiazole rings is 1. The van der Waals surface area contributed by atoms with E-state index in [4.69, 9.17) is 9.72 Å². The van der Waals surface area contributed by atoms with Crippen LogP contribution in [-0.2, 0) is 9.59 Å². The summed E-state index contributed by atoms with van der Waals surface area (Å²) < 4.78 is 6.75. The first-order valence-corrected chi connectivity index (χ1v) is 11.6. The summed E-state index contributed by atoms with van der Waals surface area (Å²) >= 11 is 1.77. The normalized spacial score (nSPS) is 20.7. The molecule has 0 spiro atoms. The molecule has 2 aliphatic rings. The minimum absolute atomic E-state index is 0.128. The van der Waals surface area contributed by atoms with Gasteiger partial charge in [0, 0.05) is 12.0 Å². The van der Waals surface area contributed by atoms with Gasteiger partial charge in [0.1, 0.15) is 5.75 Å². The Bertz CT molecular complexity index is 1090. The molecular formula is C24H25N3O3S. The van der Waals surface area contributed by atoms with Crippen molar-refractivity contribution in [3.05, 3.63) is 53.5 Å². The summed E-state index contributed by atoms with van der Waals surface area (Å²) in [5, 5.41) is 1.18. The van der Waals surface area contributed by atoms with Gasteiger partial charge in [-0.2, -0.15) is 0 Å². The van der Waals surface area contributed by atoms with Gasteiger partial charge in [-0.1, -0.05) is 18.2 Å². The third-order valence-electron chi connectivity index (χ3n) is 6.14. The van der Waals surface area contributed by atoms with E-state index < -0.39 is 0 Å². The van der Waals surface area contributed by atoms with Crippen molar-refractivity contribution < 1.29 is 14.3 Å². The predicted octanol–water partition coefficient (Wildman–Crippen LogP) is 4.21. The number of benzene rings is 2. The second kappa shape index (κ2) is 8.40. The van der Waals surface area contributed by atoms with E-state index in [0.29, 0.717) is 24.0 Å². The number of likely N-dealkylation sites (tertiary alicyclic amines) is 1. The van der Waals surface area contributed by atoms with Crippen LogP contribution in [0.2, 0.25) is 0 Å². The Morgan fingerprint density at radius 1 is 1.10 bits per heavy atom. The SMILES string of the molecule is CCOc1cccc(N2C(=O)CC(N3CCC(c4nc5ccccc5s4)CC3)C2=O)c1. The molecule has 2 fully saturated rings. The zero-order chi connectivity index (χ0) is 21.4. The van der Waals surface area contributed by atoms with Crippen LogP contribution in [0.25, 0.3) is 10.2 Å². The monoisotopic (exact) mass is 435 g/mol. The first-order valence-electron chi connectivity index (χ1n) is 10.8. The van der Waals surface area contributed by atoms with Crippen LogP contribution in [0, 0.1) is 0 Å². The van der Waals surface area contributed by atoms with E-state index in [9.17, 15) is 9.59 Å². The lowest BCUT2D eigenvalue weighted by Crippen LogP contribution is -2.45. The van der Waals surface area contributed by atoms with Crippen LogP contribution in [0.3, 0.4) is 0 Å². The van der Waals surface area contributed by atoms with Crippen molar-refractivity contribution in [2.75, 3.05) is 24.6 Å². The van der Waals surface area contributed by atoms with Crippen LogP contribution >= 0.6 is 11.3 Å². The van der Waals surface area contributed by atoms with Crippen LogP contribution in [0.5, 0.6) is 5.75 Å². The maximum atomic E-state index is 13.2. The molecule has 2 aromatic carbocycles. The molecule has 0 saturated carbocycles. The molecule has 0 aliphatic carbocycles. The molecule has 1 unspecified atom stereocenters. The molecule has 5 rings (SSSR count). The highest BCUT2D eigenvalue weighted by molar-refractivity contribution is 7.18. The van der Waals surface area contributed by atoms with Gasteiger partial charge in [-0.05, 0) is 57.1 Å². The minimum Gasteiger partial charge on any atom is -0.494 e. The molecule has 0 bridgehead atoms.